The zero-order valence-electron chi connectivity index (χ0n) is 9.23. The van der Waals surface area contributed by atoms with E-state index in [-0.39, 0.29) is 10.3 Å². The van der Waals surface area contributed by atoms with Gasteiger partial charge < -0.3 is 4.42 Å². The maximum Gasteiger partial charge on any atom is 0.433 e. The Labute approximate surface area is 109 Å². The van der Waals surface area contributed by atoms with Gasteiger partial charge in [0.1, 0.15) is 16.0 Å². The summed E-state index contributed by atoms with van der Waals surface area (Å²) < 4.78 is 44.3. The largest absolute Gasteiger partial charge is 0.463 e. The lowest BCUT2D eigenvalue weighted by molar-refractivity contribution is -0.141. The third-order valence-corrected chi connectivity index (χ3v) is 2.83. The molecule has 0 saturated heterocycles. The predicted molar refractivity (Wildman–Crippen MR) is 63.1 cm³/mol. The Bertz CT molecular complexity index is 786. The van der Waals surface area contributed by atoms with Crippen LogP contribution in [0, 0.1) is 4.64 Å². The van der Waals surface area contributed by atoms with Gasteiger partial charge in [-0.1, -0.05) is 12.2 Å². The molecule has 0 aliphatic heterocycles. The van der Waals surface area contributed by atoms with Crippen molar-refractivity contribution in [1.29, 1.82) is 0 Å². The average Bonchev–Trinajstić information content (AvgIpc) is 2.95. The van der Waals surface area contributed by atoms with Crippen LogP contribution < -0.4 is 0 Å². The Kier molecular flexibility index (Phi) is 2.49. The van der Waals surface area contributed by atoms with Crippen LogP contribution >= 0.6 is 12.2 Å². The Balaban J connectivity index is 2.24. The summed E-state index contributed by atoms with van der Waals surface area (Å²) in [5.74, 6) is 0.494. The van der Waals surface area contributed by atoms with Crippen LogP contribution in [0.1, 0.15) is 5.69 Å². The van der Waals surface area contributed by atoms with Crippen LogP contribution in [-0.4, -0.2) is 14.6 Å². The van der Waals surface area contributed by atoms with Gasteiger partial charge in [-0.3, -0.25) is 5.10 Å². The van der Waals surface area contributed by atoms with E-state index < -0.39 is 11.9 Å². The van der Waals surface area contributed by atoms with Gasteiger partial charge in [-0.25, -0.2) is 9.50 Å². The van der Waals surface area contributed by atoms with Gasteiger partial charge in [0.15, 0.2) is 11.4 Å². The van der Waals surface area contributed by atoms with Crippen molar-refractivity contribution < 1.29 is 17.6 Å². The van der Waals surface area contributed by atoms with Gasteiger partial charge in [0.2, 0.25) is 0 Å². The molecule has 0 saturated carbocycles. The molecule has 0 aliphatic carbocycles. The van der Waals surface area contributed by atoms with E-state index in [2.05, 4.69) is 10.1 Å². The van der Waals surface area contributed by atoms with Crippen LogP contribution in [0.5, 0.6) is 0 Å². The smallest absolute Gasteiger partial charge is 0.433 e. The zero-order valence-corrected chi connectivity index (χ0v) is 10.0. The van der Waals surface area contributed by atoms with E-state index in [4.69, 9.17) is 16.6 Å². The molecular weight excluding hydrogens is 279 g/mol. The first kappa shape index (κ1) is 12.0. The van der Waals surface area contributed by atoms with Crippen LogP contribution in [-0.2, 0) is 6.18 Å². The molecule has 0 unspecified atom stereocenters. The lowest BCUT2D eigenvalue weighted by Crippen LogP contribution is -2.09. The molecule has 0 atom stereocenters. The summed E-state index contributed by atoms with van der Waals surface area (Å²) in [7, 11) is 0. The van der Waals surface area contributed by atoms with Crippen molar-refractivity contribution in [1.82, 2.24) is 14.6 Å². The molecule has 98 valence electrons. The fourth-order valence-corrected chi connectivity index (χ4v) is 1.95. The number of alkyl halides is 3. The number of fused-ring (bicyclic) bond motifs is 1. The Morgan fingerprint density at radius 3 is 2.74 bits per heavy atom. The number of halogens is 3. The normalized spacial score (nSPS) is 12.2. The summed E-state index contributed by atoms with van der Waals surface area (Å²) in [5.41, 5.74) is -0.420. The minimum atomic E-state index is -4.52. The van der Waals surface area contributed by atoms with Gasteiger partial charge >= 0.3 is 6.18 Å². The van der Waals surface area contributed by atoms with Crippen molar-refractivity contribution in [2.75, 3.05) is 0 Å². The number of hydrogen-bond donors (Lipinski definition) is 1. The van der Waals surface area contributed by atoms with Gasteiger partial charge in [0, 0.05) is 12.1 Å². The Morgan fingerprint density at radius 2 is 2.11 bits per heavy atom. The molecule has 0 bridgehead atoms. The summed E-state index contributed by atoms with van der Waals surface area (Å²) in [6.07, 6.45) is -3.06. The fraction of sp³-hybridized carbons (Fsp3) is 0.0909. The second-order valence-electron chi connectivity index (χ2n) is 3.82. The van der Waals surface area contributed by atoms with Crippen molar-refractivity contribution in [3.63, 3.8) is 0 Å². The first-order valence-corrected chi connectivity index (χ1v) is 5.60. The molecular formula is C11H6F3N3OS. The molecule has 0 fully saturated rings. The number of H-pyrrole nitrogens is 1. The maximum atomic E-state index is 12.6. The van der Waals surface area contributed by atoms with Crippen LogP contribution in [0.3, 0.4) is 0 Å². The first-order chi connectivity index (χ1) is 8.95. The standard InChI is InChI=1S/C11H6F3N3OS/c12-11(13,14)8-5-10(19)17-9(15-8)4-6(16-17)7-2-1-3-18-7/h1-5,16H. The Morgan fingerprint density at radius 1 is 1.32 bits per heavy atom. The number of aromatic amines is 1. The van der Waals surface area contributed by atoms with E-state index in [1.165, 1.54) is 16.8 Å². The lowest BCUT2D eigenvalue weighted by atomic mass is 10.3. The molecule has 0 amide bonds. The second kappa shape index (κ2) is 3.95. The third kappa shape index (κ3) is 2.03. The number of nitrogens with one attached hydrogen (secondary N) is 1. The van der Waals surface area contributed by atoms with Gasteiger partial charge in [0.05, 0.1) is 6.26 Å². The third-order valence-electron chi connectivity index (χ3n) is 2.53. The van der Waals surface area contributed by atoms with E-state index >= 15 is 0 Å². The van der Waals surface area contributed by atoms with Gasteiger partial charge in [-0.15, -0.1) is 0 Å². The minimum Gasteiger partial charge on any atom is -0.463 e. The number of nitrogens with zero attached hydrogens (tertiary/aromatic N) is 2. The van der Waals surface area contributed by atoms with Crippen molar-refractivity contribution in [2.45, 2.75) is 6.18 Å². The maximum absolute atomic E-state index is 12.6. The average molecular weight is 285 g/mol. The molecule has 3 rings (SSSR count). The summed E-state index contributed by atoms with van der Waals surface area (Å²) in [6, 6.07) is 5.61. The monoisotopic (exact) mass is 285 g/mol. The molecule has 3 heterocycles. The molecule has 0 spiro atoms. The van der Waals surface area contributed by atoms with E-state index in [0.717, 1.165) is 6.07 Å². The quantitative estimate of drug-likeness (QED) is 0.694. The SMILES string of the molecule is FC(F)(F)c1cc(=S)n2[nH]c(-c3ccco3)cc2n1. The van der Waals surface area contributed by atoms with E-state index in [9.17, 15) is 13.2 Å². The molecule has 0 aromatic carbocycles. The lowest BCUT2D eigenvalue weighted by Gasteiger charge is -2.05. The summed E-state index contributed by atoms with van der Waals surface area (Å²) >= 11 is 4.91. The molecule has 3 aromatic heterocycles. The van der Waals surface area contributed by atoms with Gasteiger partial charge in [-0.2, -0.15) is 13.2 Å². The van der Waals surface area contributed by atoms with Crippen LogP contribution in [0.2, 0.25) is 0 Å². The molecule has 0 aliphatic rings. The van der Waals surface area contributed by atoms with Crippen LogP contribution in [0.4, 0.5) is 13.2 Å². The predicted octanol–water partition coefficient (Wildman–Crippen LogP) is 3.67. The van der Waals surface area contributed by atoms with Crippen molar-refractivity contribution in [3.8, 4) is 11.5 Å². The Hall–Kier alpha value is -2.09. The highest BCUT2D eigenvalue weighted by atomic mass is 32.1. The highest BCUT2D eigenvalue weighted by molar-refractivity contribution is 7.71. The summed E-state index contributed by atoms with van der Waals surface area (Å²) in [5, 5.41) is 2.83. The highest BCUT2D eigenvalue weighted by Crippen LogP contribution is 2.28. The van der Waals surface area contributed by atoms with Crippen molar-refractivity contribution >= 4 is 17.9 Å². The van der Waals surface area contributed by atoms with Gasteiger partial charge in [-0.05, 0) is 12.1 Å². The molecule has 3 aromatic rings. The molecule has 1 N–H and O–H groups in total. The minimum absolute atomic E-state index is 0.00451. The van der Waals surface area contributed by atoms with Crippen LogP contribution in [0.15, 0.2) is 34.9 Å². The van der Waals surface area contributed by atoms with Crippen molar-refractivity contribution in [3.05, 3.63) is 40.9 Å². The number of rotatable bonds is 1. The van der Waals surface area contributed by atoms with Gasteiger partial charge in [0.25, 0.3) is 0 Å². The molecule has 8 heteroatoms. The van der Waals surface area contributed by atoms with Crippen molar-refractivity contribution in [2.24, 2.45) is 0 Å². The molecule has 4 nitrogen and oxygen atoms in total. The summed E-state index contributed by atoms with van der Waals surface area (Å²) in [4.78, 5) is 3.54. The molecule has 0 radical (unpaired) electrons. The van der Waals surface area contributed by atoms with E-state index in [0.29, 0.717) is 11.5 Å². The van der Waals surface area contributed by atoms with E-state index in [1.54, 1.807) is 12.1 Å². The number of hydrogen-bond acceptors (Lipinski definition) is 3. The topological polar surface area (TPSA) is 46.2 Å². The summed E-state index contributed by atoms with van der Waals surface area (Å²) in [6.45, 7) is 0. The number of aromatic nitrogens is 3. The molecule has 19 heavy (non-hydrogen) atoms. The fourth-order valence-electron chi connectivity index (χ4n) is 1.69. The number of furan rings is 1. The zero-order chi connectivity index (χ0) is 13.6. The second-order valence-corrected chi connectivity index (χ2v) is 4.24. The highest BCUT2D eigenvalue weighted by Gasteiger charge is 2.33. The first-order valence-electron chi connectivity index (χ1n) is 5.19. The van der Waals surface area contributed by atoms with Crippen LogP contribution in [0.25, 0.3) is 17.1 Å². The van der Waals surface area contributed by atoms with E-state index in [1.807, 2.05) is 0 Å².